The second-order valence-electron chi connectivity index (χ2n) is 4.42. The maximum Gasteiger partial charge on any atom is 0.224 e. The summed E-state index contributed by atoms with van der Waals surface area (Å²) in [5, 5.41) is 1.51. The van der Waals surface area contributed by atoms with E-state index in [9.17, 15) is 0 Å². The van der Waals surface area contributed by atoms with Crippen LogP contribution in [0.2, 0.25) is 12.1 Å². The molecular weight excluding hydrogens is 200 g/mol. The molecule has 1 aromatic carbocycles. The van der Waals surface area contributed by atoms with E-state index in [1.165, 1.54) is 36.5 Å². The van der Waals surface area contributed by atoms with Crippen molar-refractivity contribution in [2.45, 2.75) is 38.3 Å². The standard InChI is InChI=1S/C13H20OSi/c1-2-11-15(12-7-6-10-14-15)13-8-4-3-5-9-13/h3-5,8-9H,2,6-7,10-12H2,1H3. The molecule has 15 heavy (non-hydrogen) atoms. The Morgan fingerprint density at radius 3 is 2.60 bits per heavy atom. The van der Waals surface area contributed by atoms with Gasteiger partial charge >= 0.3 is 0 Å². The third kappa shape index (κ3) is 2.32. The van der Waals surface area contributed by atoms with Crippen molar-refractivity contribution >= 4 is 13.5 Å². The minimum Gasteiger partial charge on any atom is -0.412 e. The molecular formula is C13H20OSi. The predicted molar refractivity (Wildman–Crippen MR) is 66.9 cm³/mol. The summed E-state index contributed by atoms with van der Waals surface area (Å²) in [5.74, 6) is 0. The van der Waals surface area contributed by atoms with Gasteiger partial charge in [0.25, 0.3) is 0 Å². The van der Waals surface area contributed by atoms with Crippen molar-refractivity contribution in [2.24, 2.45) is 0 Å². The highest BCUT2D eigenvalue weighted by Crippen LogP contribution is 2.26. The first-order valence-corrected chi connectivity index (χ1v) is 8.39. The van der Waals surface area contributed by atoms with E-state index in [4.69, 9.17) is 4.43 Å². The first-order valence-electron chi connectivity index (χ1n) is 6.07. The van der Waals surface area contributed by atoms with Gasteiger partial charge < -0.3 is 4.43 Å². The van der Waals surface area contributed by atoms with Crippen molar-refractivity contribution < 1.29 is 4.43 Å². The second kappa shape index (κ2) is 4.95. The quantitative estimate of drug-likeness (QED) is 0.711. The smallest absolute Gasteiger partial charge is 0.224 e. The molecule has 0 radical (unpaired) electrons. The molecule has 1 atom stereocenters. The van der Waals surface area contributed by atoms with Crippen LogP contribution >= 0.6 is 0 Å². The van der Waals surface area contributed by atoms with Crippen molar-refractivity contribution in [1.29, 1.82) is 0 Å². The lowest BCUT2D eigenvalue weighted by molar-refractivity contribution is 0.274. The fraction of sp³-hybridized carbons (Fsp3) is 0.538. The fourth-order valence-corrected chi connectivity index (χ4v) is 6.81. The molecule has 2 heteroatoms. The van der Waals surface area contributed by atoms with Crippen LogP contribution in [0.25, 0.3) is 0 Å². The molecule has 1 aliphatic heterocycles. The molecule has 0 saturated carbocycles. The molecule has 0 bridgehead atoms. The Kier molecular flexibility index (Phi) is 3.60. The van der Waals surface area contributed by atoms with Gasteiger partial charge in [-0.3, -0.25) is 0 Å². The third-order valence-corrected chi connectivity index (χ3v) is 7.92. The van der Waals surface area contributed by atoms with E-state index in [0.717, 1.165) is 6.61 Å². The SMILES string of the molecule is CCC[Si]1(c2ccccc2)CCCCO1. The number of rotatable bonds is 3. The largest absolute Gasteiger partial charge is 0.412 e. The minimum absolute atomic E-state index is 0.987. The molecule has 0 spiro atoms. The molecule has 82 valence electrons. The van der Waals surface area contributed by atoms with E-state index in [1.54, 1.807) is 0 Å². The molecule has 0 N–H and O–H groups in total. The molecule has 0 aromatic heterocycles. The highest BCUT2D eigenvalue weighted by atomic mass is 28.4. The summed E-state index contributed by atoms with van der Waals surface area (Å²) in [6.07, 6.45) is 3.87. The van der Waals surface area contributed by atoms with E-state index in [2.05, 4.69) is 37.3 Å². The Hall–Kier alpha value is -0.603. The maximum absolute atomic E-state index is 6.23. The summed E-state index contributed by atoms with van der Waals surface area (Å²) in [6.45, 7) is 3.26. The van der Waals surface area contributed by atoms with Gasteiger partial charge in [-0.15, -0.1) is 0 Å². The first-order chi connectivity index (χ1) is 7.37. The molecule has 1 aromatic rings. The van der Waals surface area contributed by atoms with Crippen LogP contribution in [-0.2, 0) is 4.43 Å². The summed E-state index contributed by atoms with van der Waals surface area (Å²) < 4.78 is 6.23. The Labute approximate surface area is 93.6 Å². The minimum atomic E-state index is -1.56. The summed E-state index contributed by atoms with van der Waals surface area (Å²) in [6, 6.07) is 13.6. The summed E-state index contributed by atoms with van der Waals surface area (Å²) >= 11 is 0. The van der Waals surface area contributed by atoms with E-state index in [-0.39, 0.29) is 0 Å². The van der Waals surface area contributed by atoms with Crippen LogP contribution in [0.1, 0.15) is 26.2 Å². The highest BCUT2D eigenvalue weighted by Gasteiger charge is 2.37. The van der Waals surface area contributed by atoms with Crippen LogP contribution in [0.5, 0.6) is 0 Å². The average Bonchev–Trinajstić information content (AvgIpc) is 2.32. The zero-order valence-corrected chi connectivity index (χ0v) is 10.5. The van der Waals surface area contributed by atoms with Crippen LogP contribution in [-0.4, -0.2) is 14.9 Å². The van der Waals surface area contributed by atoms with Crippen molar-refractivity contribution in [2.75, 3.05) is 6.61 Å². The van der Waals surface area contributed by atoms with Crippen LogP contribution in [0.15, 0.2) is 30.3 Å². The zero-order valence-electron chi connectivity index (χ0n) is 9.54. The average molecular weight is 220 g/mol. The van der Waals surface area contributed by atoms with Crippen LogP contribution in [0, 0.1) is 0 Å². The van der Waals surface area contributed by atoms with Gasteiger partial charge in [0.1, 0.15) is 0 Å². The summed E-state index contributed by atoms with van der Waals surface area (Å²) in [5.41, 5.74) is 0. The van der Waals surface area contributed by atoms with E-state index >= 15 is 0 Å². The van der Waals surface area contributed by atoms with E-state index < -0.39 is 8.32 Å². The number of hydrogen-bond acceptors (Lipinski definition) is 1. The first kappa shape index (κ1) is 10.9. The lowest BCUT2D eigenvalue weighted by Crippen LogP contribution is -2.52. The van der Waals surface area contributed by atoms with Crippen LogP contribution < -0.4 is 5.19 Å². The normalized spacial score (nSPS) is 26.5. The molecule has 1 nitrogen and oxygen atoms in total. The lowest BCUT2D eigenvalue weighted by Gasteiger charge is -2.35. The Morgan fingerprint density at radius 1 is 1.20 bits per heavy atom. The van der Waals surface area contributed by atoms with Gasteiger partial charge in [0.15, 0.2) is 0 Å². The zero-order chi connectivity index (χ0) is 10.6. The molecule has 0 aliphatic carbocycles. The van der Waals surface area contributed by atoms with E-state index in [0.29, 0.717) is 0 Å². The van der Waals surface area contributed by atoms with Crippen LogP contribution in [0.3, 0.4) is 0 Å². The van der Waals surface area contributed by atoms with Gasteiger partial charge in [0.05, 0.1) is 0 Å². The predicted octanol–water partition coefficient (Wildman–Crippen LogP) is 3.06. The van der Waals surface area contributed by atoms with Crippen molar-refractivity contribution in [3.63, 3.8) is 0 Å². The molecule has 0 amide bonds. The topological polar surface area (TPSA) is 9.23 Å². The van der Waals surface area contributed by atoms with Gasteiger partial charge in [-0.2, -0.15) is 0 Å². The maximum atomic E-state index is 6.23. The Morgan fingerprint density at radius 2 is 2.00 bits per heavy atom. The Balaban J connectivity index is 2.25. The third-order valence-electron chi connectivity index (χ3n) is 3.31. The number of benzene rings is 1. The molecule has 1 heterocycles. The van der Waals surface area contributed by atoms with Crippen molar-refractivity contribution in [1.82, 2.24) is 0 Å². The van der Waals surface area contributed by atoms with Gasteiger partial charge in [-0.25, -0.2) is 0 Å². The van der Waals surface area contributed by atoms with Crippen molar-refractivity contribution in [3.05, 3.63) is 30.3 Å². The summed E-state index contributed by atoms with van der Waals surface area (Å²) in [4.78, 5) is 0. The van der Waals surface area contributed by atoms with Crippen LogP contribution in [0.4, 0.5) is 0 Å². The van der Waals surface area contributed by atoms with E-state index in [1.807, 2.05) is 0 Å². The second-order valence-corrected chi connectivity index (χ2v) is 8.27. The van der Waals surface area contributed by atoms with Gasteiger partial charge in [-0.1, -0.05) is 50.1 Å². The van der Waals surface area contributed by atoms with Gasteiger partial charge in [-0.05, 0) is 23.7 Å². The molecule has 2 rings (SSSR count). The molecule has 1 saturated heterocycles. The molecule has 1 aliphatic rings. The Bertz CT molecular complexity index is 285. The van der Waals surface area contributed by atoms with Crippen molar-refractivity contribution in [3.8, 4) is 0 Å². The van der Waals surface area contributed by atoms with Gasteiger partial charge in [0.2, 0.25) is 8.32 Å². The lowest BCUT2D eigenvalue weighted by atomic mass is 10.3. The monoisotopic (exact) mass is 220 g/mol. The molecule has 1 unspecified atom stereocenters. The number of hydrogen-bond donors (Lipinski definition) is 0. The van der Waals surface area contributed by atoms with Gasteiger partial charge in [0, 0.05) is 6.61 Å². The molecule has 1 fully saturated rings. The fourth-order valence-electron chi connectivity index (χ4n) is 2.57. The summed E-state index contributed by atoms with van der Waals surface area (Å²) in [7, 11) is -1.56. The highest BCUT2D eigenvalue weighted by molar-refractivity contribution is 6.86.